The fraction of sp³-hybridized carbons (Fsp3) is 0.295. The van der Waals surface area contributed by atoms with E-state index in [0.29, 0.717) is 48.6 Å². The SMILES string of the molecule is Cc1ccc(C[N+]2=c3c(c4c(c5ccc(S(=O)(=O)[O-])cc35)=Cc3c(c5c(c6cc7cc(SOO[O-])ccc7cc36)N(CCCSOO[O-])CC5(C)C)O4)C(C)(C)C2)cc1. The van der Waals surface area contributed by atoms with Crippen LogP contribution in [0.2, 0.25) is 0 Å². The van der Waals surface area contributed by atoms with Gasteiger partial charge in [0, 0.05) is 68.5 Å². The van der Waals surface area contributed by atoms with Gasteiger partial charge >= 0.3 is 0 Å². The maximum absolute atomic E-state index is 12.5. The molecule has 3 heterocycles. The van der Waals surface area contributed by atoms with E-state index >= 15 is 0 Å². The first-order chi connectivity index (χ1) is 28.2. The van der Waals surface area contributed by atoms with Gasteiger partial charge in [0.2, 0.25) is 5.36 Å². The number of fused-ring (bicyclic) bond motifs is 13. The summed E-state index contributed by atoms with van der Waals surface area (Å²) < 4.78 is 56.5. The number of rotatable bonds is 12. The van der Waals surface area contributed by atoms with Gasteiger partial charge in [0.05, 0.1) is 39.0 Å². The van der Waals surface area contributed by atoms with Crippen LogP contribution in [0.4, 0.5) is 5.69 Å². The van der Waals surface area contributed by atoms with Crippen LogP contribution >= 0.6 is 24.1 Å². The molecule has 0 unspecified atom stereocenters. The molecule has 0 amide bonds. The Morgan fingerprint density at radius 1 is 0.831 bits per heavy atom. The van der Waals surface area contributed by atoms with Gasteiger partial charge in [-0.05, 0) is 91.2 Å². The maximum atomic E-state index is 12.5. The molecule has 0 saturated heterocycles. The van der Waals surface area contributed by atoms with Crippen molar-refractivity contribution in [1.29, 1.82) is 0 Å². The van der Waals surface area contributed by atoms with Crippen LogP contribution in [-0.2, 0) is 46.2 Å². The third kappa shape index (κ3) is 7.06. The van der Waals surface area contributed by atoms with E-state index in [4.69, 9.17) is 4.74 Å². The number of hydrogen-bond acceptors (Lipinski definition) is 13. The summed E-state index contributed by atoms with van der Waals surface area (Å²) in [5, 5.41) is 35.3. The number of aryl methyl sites for hydroxylation is 1. The highest BCUT2D eigenvalue weighted by Crippen LogP contribution is 2.55. The topological polar surface area (TPSA) is 156 Å². The van der Waals surface area contributed by atoms with E-state index in [-0.39, 0.29) is 10.3 Å². The van der Waals surface area contributed by atoms with Gasteiger partial charge in [-0.25, -0.2) is 13.0 Å². The minimum absolute atomic E-state index is 0.281. The Hall–Kier alpha value is -4.26. The van der Waals surface area contributed by atoms with Gasteiger partial charge in [-0.15, -0.1) is 0 Å². The summed E-state index contributed by atoms with van der Waals surface area (Å²) in [6.45, 7) is 13.5. The number of nitrogens with zero attached hydrogens (tertiary/aromatic N) is 2. The summed E-state index contributed by atoms with van der Waals surface area (Å²) >= 11 is 1.80. The molecule has 6 aromatic rings. The van der Waals surface area contributed by atoms with Crippen LogP contribution in [0.1, 0.15) is 61.9 Å². The molecule has 0 atom stereocenters. The molecule has 0 bridgehead atoms. The van der Waals surface area contributed by atoms with Gasteiger partial charge in [-0.3, -0.25) is 10.1 Å². The van der Waals surface area contributed by atoms with Gasteiger partial charge in [0.15, 0.2) is 13.1 Å². The molecule has 15 heteroatoms. The van der Waals surface area contributed by atoms with Crippen molar-refractivity contribution in [3.63, 3.8) is 0 Å². The molecule has 0 fully saturated rings. The molecule has 3 aliphatic rings. The molecule has 0 spiro atoms. The van der Waals surface area contributed by atoms with Crippen molar-refractivity contribution in [3.8, 4) is 11.5 Å². The van der Waals surface area contributed by atoms with Gasteiger partial charge in [-0.2, -0.15) is 8.67 Å². The average molecular weight is 853 g/mol. The molecule has 306 valence electrons. The molecule has 9 rings (SSSR count). The number of anilines is 1. The van der Waals surface area contributed by atoms with E-state index < -0.39 is 15.5 Å². The Labute approximate surface area is 349 Å². The van der Waals surface area contributed by atoms with Crippen LogP contribution in [0, 0.1) is 6.92 Å². The maximum Gasteiger partial charge on any atom is 0.216 e. The van der Waals surface area contributed by atoms with Crippen molar-refractivity contribution in [2.24, 2.45) is 0 Å². The Morgan fingerprint density at radius 3 is 2.34 bits per heavy atom. The molecular weight excluding hydrogens is 813 g/mol. The van der Waals surface area contributed by atoms with Gasteiger partial charge in [0.25, 0.3) is 0 Å². The Balaban J connectivity index is 1.36. The van der Waals surface area contributed by atoms with Crippen LogP contribution in [0.5, 0.6) is 11.5 Å². The normalized spacial score (nSPS) is 16.3. The first kappa shape index (κ1) is 40.2. The smallest absolute Gasteiger partial charge is 0.216 e. The van der Waals surface area contributed by atoms with Crippen molar-refractivity contribution < 1.29 is 47.0 Å². The standard InChI is InChI=1S/C44H42N2O10S3/c1-25-7-9-26(10-8-25)22-46-24-44(4,5)38-40(46)34-20-30(59(49,50)51)13-14-31(34)35-21-36-32-18-27-11-12-29(58-56-54-48)17-28(27)19-33(32)39-37(42(36)52-41(35)38)43(2,3)23-45(39)15-6-16-57-55-53-47/h7-14,17-21H,6,15-16,22-24H2,1-5H3,(H2-,47,48,49,50,51)/p-2. The lowest BCUT2D eigenvalue weighted by molar-refractivity contribution is -0.777. The number of hydrogen-bond donors (Lipinski definition) is 0. The largest absolute Gasteiger partial charge is 0.744 e. The van der Waals surface area contributed by atoms with Crippen molar-refractivity contribution in [1.82, 2.24) is 4.58 Å². The third-order valence-electron chi connectivity index (χ3n) is 11.8. The molecule has 3 aliphatic heterocycles. The van der Waals surface area contributed by atoms with E-state index in [1.165, 1.54) is 12.1 Å². The average Bonchev–Trinajstić information content (AvgIpc) is 3.63. The zero-order valence-electron chi connectivity index (χ0n) is 32.9. The second-order valence-corrected chi connectivity index (χ2v) is 19.7. The van der Waals surface area contributed by atoms with Crippen LogP contribution in [0.25, 0.3) is 38.4 Å². The Morgan fingerprint density at radius 2 is 1.59 bits per heavy atom. The molecule has 59 heavy (non-hydrogen) atoms. The molecular formula is C44H40N2O10S3-2. The van der Waals surface area contributed by atoms with Crippen molar-refractivity contribution in [2.75, 3.05) is 30.3 Å². The lowest BCUT2D eigenvalue weighted by atomic mass is 9.80. The van der Waals surface area contributed by atoms with E-state index in [9.17, 15) is 23.5 Å². The first-order valence-corrected chi connectivity index (χ1v) is 22.2. The van der Waals surface area contributed by atoms with Gasteiger partial charge in [-0.1, -0.05) is 55.8 Å². The molecule has 12 nitrogen and oxygen atoms in total. The Bertz CT molecular complexity index is 2950. The lowest BCUT2D eigenvalue weighted by Gasteiger charge is -2.28. The molecule has 0 N–H and O–H groups in total. The molecule has 0 radical (unpaired) electrons. The summed E-state index contributed by atoms with van der Waals surface area (Å²) in [7, 11) is -4.76. The van der Waals surface area contributed by atoms with E-state index in [0.717, 1.165) is 107 Å². The van der Waals surface area contributed by atoms with Crippen molar-refractivity contribution in [3.05, 3.63) is 111 Å². The Kier molecular flexibility index (Phi) is 10.2. The molecule has 0 saturated carbocycles. The quantitative estimate of drug-likeness (QED) is 0.0274. The number of benzene rings is 6. The van der Waals surface area contributed by atoms with E-state index in [1.807, 2.05) is 18.2 Å². The summed E-state index contributed by atoms with van der Waals surface area (Å²) in [6, 6.07) is 23.1. The van der Waals surface area contributed by atoms with Gasteiger partial charge < -0.3 is 24.7 Å². The lowest BCUT2D eigenvalue weighted by Crippen LogP contribution is -2.30. The van der Waals surface area contributed by atoms with Gasteiger partial charge in [0.1, 0.15) is 21.6 Å². The first-order valence-electron chi connectivity index (χ1n) is 19.2. The minimum atomic E-state index is -4.76. The van der Waals surface area contributed by atoms with Crippen LogP contribution in [0.15, 0.2) is 82.6 Å². The molecule has 0 aliphatic carbocycles. The predicted molar refractivity (Wildman–Crippen MR) is 223 cm³/mol. The minimum Gasteiger partial charge on any atom is -0.744 e. The van der Waals surface area contributed by atoms with Crippen molar-refractivity contribution in [2.45, 2.75) is 68.2 Å². The predicted octanol–water partition coefficient (Wildman–Crippen LogP) is 5.87. The monoisotopic (exact) mass is 852 g/mol. The highest BCUT2D eigenvalue weighted by Gasteiger charge is 2.45. The summed E-state index contributed by atoms with van der Waals surface area (Å²) in [4.78, 5) is 2.79. The molecule has 6 aromatic carbocycles. The van der Waals surface area contributed by atoms with Crippen LogP contribution < -0.4 is 35.3 Å². The highest BCUT2D eigenvalue weighted by atomic mass is 32.2. The number of ether oxygens (including phenoxy) is 1. The summed E-state index contributed by atoms with van der Waals surface area (Å²) in [5.74, 6) is 2.04. The molecule has 0 aromatic heterocycles. The van der Waals surface area contributed by atoms with Crippen LogP contribution in [-0.4, -0.2) is 38.4 Å². The summed E-state index contributed by atoms with van der Waals surface area (Å²) in [6.07, 6.45) is 2.89. The fourth-order valence-electron chi connectivity index (χ4n) is 9.44. The highest BCUT2D eigenvalue weighted by molar-refractivity contribution is 7.94. The second-order valence-electron chi connectivity index (χ2n) is 16.8. The van der Waals surface area contributed by atoms with Crippen molar-refractivity contribution >= 4 is 78.3 Å². The van der Waals surface area contributed by atoms with E-state index in [1.54, 1.807) is 6.07 Å². The second kappa shape index (κ2) is 15.0. The zero-order chi connectivity index (χ0) is 41.4. The fourth-order valence-corrected chi connectivity index (χ4v) is 10.7. The third-order valence-corrected chi connectivity index (χ3v) is 13.8. The van der Waals surface area contributed by atoms with Crippen LogP contribution in [0.3, 0.4) is 0 Å². The van der Waals surface area contributed by atoms with E-state index in [2.05, 4.69) is 105 Å². The zero-order valence-corrected chi connectivity index (χ0v) is 35.4. The summed E-state index contributed by atoms with van der Waals surface area (Å²) in [5.41, 5.74) is 5.44.